The van der Waals surface area contributed by atoms with E-state index in [1.165, 1.54) is 0 Å². The van der Waals surface area contributed by atoms with E-state index in [0.717, 1.165) is 18.3 Å². The molecule has 0 aliphatic heterocycles. The van der Waals surface area contributed by atoms with Gasteiger partial charge in [0.2, 0.25) is 10.0 Å². The molecule has 2 N–H and O–H groups in total. The molecule has 1 aromatic rings. The Bertz CT molecular complexity index is 550. The second-order valence-corrected chi connectivity index (χ2v) is 5.77. The fourth-order valence-electron chi connectivity index (χ4n) is 1.61. The van der Waals surface area contributed by atoms with Gasteiger partial charge in [-0.15, -0.1) is 0 Å². The number of rotatable bonds is 4. The van der Waals surface area contributed by atoms with Gasteiger partial charge in [-0.2, -0.15) is 0 Å². The van der Waals surface area contributed by atoms with Crippen molar-refractivity contribution in [1.29, 1.82) is 0 Å². The lowest BCUT2D eigenvalue weighted by molar-refractivity contribution is -0.389. The van der Waals surface area contributed by atoms with E-state index in [9.17, 15) is 18.5 Å². The largest absolute Gasteiger partial charge is 0.393 e. The molecule has 0 bridgehead atoms. The number of hydrogen-bond donors (Lipinski definition) is 2. The molecule has 1 heterocycles. The van der Waals surface area contributed by atoms with Gasteiger partial charge in [-0.05, 0) is 28.8 Å². The lowest BCUT2D eigenvalue weighted by Crippen LogP contribution is -2.46. The molecule has 1 saturated carbocycles. The number of nitrogens with one attached hydrogen (secondary N) is 1. The number of pyridine rings is 1. The van der Waals surface area contributed by atoms with Crippen molar-refractivity contribution < 1.29 is 18.4 Å². The fraction of sp³-hybridized carbons (Fsp3) is 0.444. The summed E-state index contributed by atoms with van der Waals surface area (Å²) < 4.78 is 26.0. The van der Waals surface area contributed by atoms with Crippen molar-refractivity contribution in [3.05, 3.63) is 28.4 Å². The Balaban J connectivity index is 2.12. The zero-order valence-corrected chi connectivity index (χ0v) is 10.0. The average Bonchev–Trinajstić information content (AvgIpc) is 2.27. The Kier molecular flexibility index (Phi) is 3.28. The molecule has 98 valence electrons. The molecular formula is C9H11N3O5S. The van der Waals surface area contributed by atoms with Crippen LogP contribution in [0.1, 0.15) is 12.8 Å². The second-order valence-electron chi connectivity index (χ2n) is 4.05. The zero-order valence-electron chi connectivity index (χ0n) is 9.18. The summed E-state index contributed by atoms with van der Waals surface area (Å²) in [5, 5.41) is 19.4. The highest BCUT2D eigenvalue weighted by Gasteiger charge is 2.31. The van der Waals surface area contributed by atoms with E-state index < -0.39 is 26.9 Å². The van der Waals surface area contributed by atoms with Gasteiger partial charge in [0.05, 0.1) is 6.10 Å². The SMILES string of the molecule is O=[N+]([O-])c1ccc(S(=O)(=O)NC2CC(O)C2)cn1. The number of nitrogens with zero attached hydrogens (tertiary/aromatic N) is 2. The number of aliphatic hydroxyl groups is 1. The van der Waals surface area contributed by atoms with Crippen LogP contribution >= 0.6 is 0 Å². The maximum absolute atomic E-state index is 11.8. The minimum Gasteiger partial charge on any atom is -0.393 e. The van der Waals surface area contributed by atoms with E-state index in [-0.39, 0.29) is 10.9 Å². The number of aromatic nitrogens is 1. The third kappa shape index (κ3) is 2.63. The van der Waals surface area contributed by atoms with E-state index in [2.05, 4.69) is 9.71 Å². The molecule has 1 fully saturated rings. The van der Waals surface area contributed by atoms with E-state index in [4.69, 9.17) is 5.11 Å². The Morgan fingerprint density at radius 3 is 2.56 bits per heavy atom. The van der Waals surface area contributed by atoms with Crippen LogP contribution in [-0.2, 0) is 10.0 Å². The molecule has 0 spiro atoms. The van der Waals surface area contributed by atoms with E-state index in [0.29, 0.717) is 12.8 Å². The van der Waals surface area contributed by atoms with Gasteiger partial charge in [0.15, 0.2) is 6.20 Å². The van der Waals surface area contributed by atoms with Crippen LogP contribution in [0.2, 0.25) is 0 Å². The fourth-order valence-corrected chi connectivity index (χ4v) is 2.82. The van der Waals surface area contributed by atoms with Crippen LogP contribution in [0.3, 0.4) is 0 Å². The molecule has 0 unspecified atom stereocenters. The predicted molar refractivity (Wildman–Crippen MR) is 60.2 cm³/mol. The minimum absolute atomic E-state index is 0.130. The number of aliphatic hydroxyl groups excluding tert-OH is 1. The van der Waals surface area contributed by atoms with Gasteiger partial charge in [-0.25, -0.2) is 13.1 Å². The molecular weight excluding hydrogens is 262 g/mol. The molecule has 1 aliphatic rings. The first-order valence-corrected chi connectivity index (χ1v) is 6.67. The standard InChI is InChI=1S/C9H11N3O5S/c13-7-3-6(4-7)11-18(16,17)8-1-2-9(10-5-8)12(14)15/h1-2,5-7,11,13H,3-4H2. The third-order valence-electron chi connectivity index (χ3n) is 2.65. The molecule has 0 amide bonds. The molecule has 0 aromatic carbocycles. The van der Waals surface area contributed by atoms with E-state index in [1.807, 2.05) is 0 Å². The van der Waals surface area contributed by atoms with Crippen LogP contribution in [0, 0.1) is 10.1 Å². The molecule has 2 rings (SSSR count). The Labute approximate surface area is 103 Å². The smallest absolute Gasteiger partial charge is 0.363 e. The van der Waals surface area contributed by atoms with Gasteiger partial charge < -0.3 is 15.2 Å². The highest BCUT2D eigenvalue weighted by Crippen LogP contribution is 2.22. The monoisotopic (exact) mass is 273 g/mol. The van der Waals surface area contributed by atoms with Gasteiger partial charge in [0.1, 0.15) is 4.90 Å². The third-order valence-corrected chi connectivity index (χ3v) is 4.16. The summed E-state index contributed by atoms with van der Waals surface area (Å²) in [5.74, 6) is -0.409. The highest BCUT2D eigenvalue weighted by molar-refractivity contribution is 7.89. The summed E-state index contributed by atoms with van der Waals surface area (Å²) in [6.45, 7) is 0. The van der Waals surface area contributed by atoms with Crippen LogP contribution in [0.4, 0.5) is 5.82 Å². The van der Waals surface area contributed by atoms with Gasteiger partial charge >= 0.3 is 5.82 Å². The van der Waals surface area contributed by atoms with Crippen LogP contribution in [0.15, 0.2) is 23.2 Å². The summed E-state index contributed by atoms with van der Waals surface area (Å²) in [6.07, 6.45) is 1.22. The molecule has 0 saturated heterocycles. The predicted octanol–water partition coefficient (Wildman–Crippen LogP) is -0.209. The molecule has 0 atom stereocenters. The number of hydrogen-bond acceptors (Lipinski definition) is 6. The summed E-state index contributed by atoms with van der Waals surface area (Å²) in [4.78, 5) is 13.0. The summed E-state index contributed by atoms with van der Waals surface area (Å²) >= 11 is 0. The summed E-state index contributed by atoms with van der Waals surface area (Å²) in [6, 6.07) is 1.87. The van der Waals surface area contributed by atoms with Crippen molar-refractivity contribution in [3.8, 4) is 0 Å². The Morgan fingerprint density at radius 2 is 2.11 bits per heavy atom. The summed E-state index contributed by atoms with van der Waals surface area (Å²) in [7, 11) is -3.73. The van der Waals surface area contributed by atoms with Gasteiger partial charge in [-0.1, -0.05) is 0 Å². The maximum atomic E-state index is 11.8. The second kappa shape index (κ2) is 4.59. The van der Waals surface area contributed by atoms with Crippen LogP contribution < -0.4 is 4.72 Å². The Hall–Kier alpha value is -1.58. The average molecular weight is 273 g/mol. The van der Waals surface area contributed by atoms with Crippen LogP contribution in [0.5, 0.6) is 0 Å². The number of nitro groups is 1. The van der Waals surface area contributed by atoms with Crippen LogP contribution in [-0.4, -0.2) is 35.6 Å². The topological polar surface area (TPSA) is 122 Å². The van der Waals surface area contributed by atoms with Crippen molar-refractivity contribution in [2.75, 3.05) is 0 Å². The maximum Gasteiger partial charge on any atom is 0.363 e. The lowest BCUT2D eigenvalue weighted by atomic mass is 9.91. The van der Waals surface area contributed by atoms with Gasteiger partial charge in [0, 0.05) is 12.1 Å². The van der Waals surface area contributed by atoms with Crippen molar-refractivity contribution >= 4 is 15.8 Å². The molecule has 0 radical (unpaired) electrons. The minimum atomic E-state index is -3.73. The Morgan fingerprint density at radius 1 is 1.44 bits per heavy atom. The van der Waals surface area contributed by atoms with Gasteiger partial charge in [-0.3, -0.25) is 0 Å². The first-order chi connectivity index (χ1) is 8.38. The lowest BCUT2D eigenvalue weighted by Gasteiger charge is -2.31. The molecule has 9 heteroatoms. The zero-order chi connectivity index (χ0) is 13.3. The molecule has 18 heavy (non-hydrogen) atoms. The quantitative estimate of drug-likeness (QED) is 0.578. The molecule has 1 aliphatic carbocycles. The first-order valence-electron chi connectivity index (χ1n) is 5.19. The highest BCUT2D eigenvalue weighted by atomic mass is 32.2. The van der Waals surface area contributed by atoms with Gasteiger partial charge in [0.25, 0.3) is 0 Å². The normalized spacial score (nSPS) is 23.4. The number of sulfonamides is 1. The van der Waals surface area contributed by atoms with Crippen molar-refractivity contribution in [2.45, 2.75) is 29.9 Å². The van der Waals surface area contributed by atoms with E-state index in [1.54, 1.807) is 0 Å². The summed E-state index contributed by atoms with van der Waals surface area (Å²) in [5.41, 5.74) is 0. The first kappa shape index (κ1) is 12.9. The van der Waals surface area contributed by atoms with Crippen molar-refractivity contribution in [1.82, 2.24) is 9.71 Å². The van der Waals surface area contributed by atoms with E-state index >= 15 is 0 Å². The molecule has 1 aromatic heterocycles. The molecule has 8 nitrogen and oxygen atoms in total. The van der Waals surface area contributed by atoms with Crippen molar-refractivity contribution in [2.24, 2.45) is 0 Å². The van der Waals surface area contributed by atoms with Crippen LogP contribution in [0.25, 0.3) is 0 Å². The van der Waals surface area contributed by atoms with Crippen molar-refractivity contribution in [3.63, 3.8) is 0 Å².